The molecule has 168 valence electrons. The fraction of sp³-hybridized carbons (Fsp3) is 0.655. The van der Waals surface area contributed by atoms with Crippen LogP contribution in [0.3, 0.4) is 0 Å². The van der Waals surface area contributed by atoms with Crippen molar-refractivity contribution >= 4 is 10.8 Å². The highest BCUT2D eigenvalue weighted by atomic mass is 16.5. The molecule has 1 nitrogen and oxygen atoms in total. The number of hydrogen-bond donors (Lipinski definition) is 0. The number of rotatable bonds is 19. The van der Waals surface area contributed by atoms with E-state index >= 15 is 0 Å². The molecule has 0 aliphatic rings. The topological polar surface area (TPSA) is 9.23 Å². The Bertz CT molecular complexity index is 648. The Hall–Kier alpha value is -1.34. The molecule has 0 aliphatic heterocycles. The zero-order chi connectivity index (χ0) is 21.1. The normalized spacial score (nSPS) is 11.4. The smallest absolute Gasteiger partial charge is 0.0469 e. The first-order valence-electron chi connectivity index (χ1n) is 13.0. The second-order valence-corrected chi connectivity index (χ2v) is 8.99. The lowest BCUT2D eigenvalue weighted by Gasteiger charge is -2.06. The summed E-state index contributed by atoms with van der Waals surface area (Å²) < 4.78 is 5.85. The van der Waals surface area contributed by atoms with E-state index in [1.165, 1.54) is 106 Å². The largest absolute Gasteiger partial charge is 0.381 e. The molecule has 0 amide bonds. The fourth-order valence-corrected chi connectivity index (χ4v) is 4.27. The Morgan fingerprint density at radius 3 is 1.70 bits per heavy atom. The quantitative estimate of drug-likeness (QED) is 0.210. The van der Waals surface area contributed by atoms with Crippen LogP contribution in [-0.2, 0) is 11.2 Å². The van der Waals surface area contributed by atoms with Gasteiger partial charge in [-0.1, -0.05) is 133 Å². The minimum Gasteiger partial charge on any atom is -0.381 e. The molecule has 0 fully saturated rings. The van der Waals surface area contributed by atoms with E-state index in [1.807, 2.05) is 0 Å². The molecular formula is C29H46O. The number of benzene rings is 2. The van der Waals surface area contributed by atoms with Gasteiger partial charge in [0.15, 0.2) is 0 Å². The zero-order valence-electron chi connectivity index (χ0n) is 19.7. The molecule has 0 aliphatic carbocycles. The first-order valence-corrected chi connectivity index (χ1v) is 13.0. The molecule has 0 aromatic heterocycles. The molecule has 0 N–H and O–H groups in total. The van der Waals surface area contributed by atoms with Crippen LogP contribution >= 0.6 is 0 Å². The van der Waals surface area contributed by atoms with Crippen molar-refractivity contribution < 1.29 is 4.74 Å². The predicted molar refractivity (Wildman–Crippen MR) is 133 cm³/mol. The summed E-state index contributed by atoms with van der Waals surface area (Å²) in [6, 6.07) is 15.4. The number of fused-ring (bicyclic) bond motifs is 1. The highest BCUT2D eigenvalue weighted by Crippen LogP contribution is 2.17. The second kappa shape index (κ2) is 17.4. The minimum absolute atomic E-state index is 0.894. The summed E-state index contributed by atoms with van der Waals surface area (Å²) in [5.74, 6) is 0. The Labute approximate surface area is 186 Å². The molecule has 0 bridgehead atoms. The molecule has 0 heterocycles. The maximum Gasteiger partial charge on any atom is 0.0469 e. The van der Waals surface area contributed by atoms with Crippen molar-refractivity contribution in [3.05, 3.63) is 48.0 Å². The number of hydrogen-bond acceptors (Lipinski definition) is 1. The van der Waals surface area contributed by atoms with Gasteiger partial charge in [-0.2, -0.15) is 0 Å². The molecule has 2 aromatic carbocycles. The van der Waals surface area contributed by atoms with Crippen LogP contribution in [0.1, 0.15) is 109 Å². The lowest BCUT2D eigenvalue weighted by Crippen LogP contribution is -1.99. The van der Waals surface area contributed by atoms with Crippen molar-refractivity contribution in [3.63, 3.8) is 0 Å². The van der Waals surface area contributed by atoms with Gasteiger partial charge in [-0.3, -0.25) is 0 Å². The molecule has 2 aromatic rings. The molecule has 0 spiro atoms. The summed E-state index contributed by atoms with van der Waals surface area (Å²) >= 11 is 0. The average molecular weight is 411 g/mol. The van der Waals surface area contributed by atoms with Gasteiger partial charge in [0.25, 0.3) is 0 Å². The summed E-state index contributed by atoms with van der Waals surface area (Å²) in [7, 11) is 0. The van der Waals surface area contributed by atoms with Crippen molar-refractivity contribution in [2.45, 2.75) is 110 Å². The van der Waals surface area contributed by atoms with Crippen molar-refractivity contribution in [1.29, 1.82) is 0 Å². The van der Waals surface area contributed by atoms with Crippen molar-refractivity contribution in [2.75, 3.05) is 13.2 Å². The van der Waals surface area contributed by atoms with Crippen LogP contribution in [0.4, 0.5) is 0 Å². The van der Waals surface area contributed by atoms with Crippen LogP contribution in [0.5, 0.6) is 0 Å². The Morgan fingerprint density at radius 2 is 1.07 bits per heavy atom. The van der Waals surface area contributed by atoms with Crippen LogP contribution in [-0.4, -0.2) is 13.2 Å². The van der Waals surface area contributed by atoms with Gasteiger partial charge in [-0.15, -0.1) is 0 Å². The molecule has 1 heteroatoms. The van der Waals surface area contributed by atoms with Gasteiger partial charge in [0.1, 0.15) is 0 Å². The third kappa shape index (κ3) is 11.7. The van der Waals surface area contributed by atoms with Crippen LogP contribution in [0.25, 0.3) is 10.8 Å². The average Bonchev–Trinajstić information content (AvgIpc) is 2.78. The Kier molecular flexibility index (Phi) is 14.4. The lowest BCUT2D eigenvalue weighted by molar-refractivity contribution is 0.127. The molecule has 0 atom stereocenters. The summed E-state index contributed by atoms with van der Waals surface area (Å²) in [4.78, 5) is 0. The molecule has 2 rings (SSSR count). The standard InChI is InChI=1S/C29H46O/c1-2-3-4-5-6-7-8-9-10-11-12-13-14-17-24-30-25-18-19-27-22-23-28-20-15-16-21-29(28)26-27/h15-16,20-23,26H,2-14,17-19,24-25H2,1H3. The summed E-state index contributed by atoms with van der Waals surface area (Å²) in [6.45, 7) is 4.13. The van der Waals surface area contributed by atoms with Crippen molar-refractivity contribution in [2.24, 2.45) is 0 Å². The van der Waals surface area contributed by atoms with E-state index in [2.05, 4.69) is 49.4 Å². The van der Waals surface area contributed by atoms with Gasteiger partial charge < -0.3 is 4.74 Å². The van der Waals surface area contributed by atoms with Crippen LogP contribution < -0.4 is 0 Å². The molecular weight excluding hydrogens is 364 g/mol. The Balaban J connectivity index is 1.31. The van der Waals surface area contributed by atoms with E-state index in [-0.39, 0.29) is 0 Å². The molecule has 0 saturated carbocycles. The molecule has 0 radical (unpaired) electrons. The highest BCUT2D eigenvalue weighted by Gasteiger charge is 1.98. The summed E-state index contributed by atoms with van der Waals surface area (Å²) in [6.07, 6.45) is 22.0. The van der Waals surface area contributed by atoms with Crippen molar-refractivity contribution in [3.8, 4) is 0 Å². The van der Waals surface area contributed by atoms with E-state index in [0.717, 1.165) is 26.1 Å². The predicted octanol–water partition coefficient (Wildman–Crippen LogP) is 9.27. The van der Waals surface area contributed by atoms with Gasteiger partial charge in [0.05, 0.1) is 0 Å². The molecule has 0 saturated heterocycles. The second-order valence-electron chi connectivity index (χ2n) is 8.99. The Morgan fingerprint density at radius 1 is 0.533 bits per heavy atom. The first kappa shape index (κ1) is 24.9. The van der Waals surface area contributed by atoms with E-state index in [4.69, 9.17) is 4.74 Å². The third-order valence-corrected chi connectivity index (χ3v) is 6.21. The maximum atomic E-state index is 5.85. The zero-order valence-corrected chi connectivity index (χ0v) is 19.7. The van der Waals surface area contributed by atoms with E-state index in [0.29, 0.717) is 0 Å². The monoisotopic (exact) mass is 410 g/mol. The SMILES string of the molecule is CCCCCCCCCCCCCCCCOCCCc1ccc2ccccc2c1. The van der Waals surface area contributed by atoms with Gasteiger partial charge in [0, 0.05) is 13.2 Å². The van der Waals surface area contributed by atoms with Crippen LogP contribution in [0.2, 0.25) is 0 Å². The van der Waals surface area contributed by atoms with E-state index in [9.17, 15) is 0 Å². The maximum absolute atomic E-state index is 5.85. The number of unbranched alkanes of at least 4 members (excludes halogenated alkanes) is 13. The highest BCUT2D eigenvalue weighted by molar-refractivity contribution is 5.82. The lowest BCUT2D eigenvalue weighted by atomic mass is 10.0. The van der Waals surface area contributed by atoms with Gasteiger partial charge in [-0.25, -0.2) is 0 Å². The number of aryl methyl sites for hydroxylation is 1. The van der Waals surface area contributed by atoms with Gasteiger partial charge >= 0.3 is 0 Å². The van der Waals surface area contributed by atoms with Crippen LogP contribution in [0.15, 0.2) is 42.5 Å². The first-order chi connectivity index (χ1) is 14.9. The van der Waals surface area contributed by atoms with Gasteiger partial charge in [-0.05, 0) is 35.6 Å². The molecule has 30 heavy (non-hydrogen) atoms. The molecule has 0 unspecified atom stereocenters. The van der Waals surface area contributed by atoms with Gasteiger partial charge in [0.2, 0.25) is 0 Å². The van der Waals surface area contributed by atoms with E-state index in [1.54, 1.807) is 0 Å². The van der Waals surface area contributed by atoms with Crippen LogP contribution in [0, 0.1) is 0 Å². The third-order valence-electron chi connectivity index (χ3n) is 6.21. The summed E-state index contributed by atoms with van der Waals surface area (Å²) in [5.41, 5.74) is 1.42. The van der Waals surface area contributed by atoms with Crippen molar-refractivity contribution in [1.82, 2.24) is 0 Å². The number of ether oxygens (including phenoxy) is 1. The summed E-state index contributed by atoms with van der Waals surface area (Å²) in [5, 5.41) is 2.67. The van der Waals surface area contributed by atoms with E-state index < -0.39 is 0 Å². The minimum atomic E-state index is 0.894. The fourth-order valence-electron chi connectivity index (χ4n) is 4.27.